The fourth-order valence-corrected chi connectivity index (χ4v) is 1.71. The largest absolute Gasteiger partial charge is 0.392 e. The molecule has 0 spiro atoms. The normalized spacial score (nSPS) is 13.5. The molecule has 6 nitrogen and oxygen atoms in total. The minimum absolute atomic E-state index is 0.00502. The Kier molecular flexibility index (Phi) is 7.64. The lowest BCUT2D eigenvalue weighted by Crippen LogP contribution is -2.45. The molecule has 0 aromatic rings. The van der Waals surface area contributed by atoms with Gasteiger partial charge in [0.2, 0.25) is 0 Å². The van der Waals surface area contributed by atoms with E-state index >= 15 is 0 Å². The SMILES string of the molecule is CC(CCS(C)=O)NC(=O)C(=O)NCC(N)=S. The zero-order chi connectivity index (χ0) is 13.4. The van der Waals surface area contributed by atoms with Crippen LogP contribution in [0.1, 0.15) is 13.3 Å². The van der Waals surface area contributed by atoms with E-state index in [1.54, 1.807) is 13.2 Å². The molecule has 8 heteroatoms. The summed E-state index contributed by atoms with van der Waals surface area (Å²) in [6.45, 7) is 1.74. The van der Waals surface area contributed by atoms with E-state index in [1.165, 1.54) is 0 Å². The van der Waals surface area contributed by atoms with Crippen molar-refractivity contribution >= 4 is 39.8 Å². The van der Waals surface area contributed by atoms with Crippen molar-refractivity contribution in [1.29, 1.82) is 0 Å². The van der Waals surface area contributed by atoms with Gasteiger partial charge in [-0.3, -0.25) is 13.8 Å². The molecule has 0 bridgehead atoms. The van der Waals surface area contributed by atoms with Gasteiger partial charge in [-0.15, -0.1) is 0 Å². The molecule has 0 aromatic heterocycles. The third-order valence-corrected chi connectivity index (χ3v) is 2.80. The Morgan fingerprint density at radius 3 is 2.47 bits per heavy atom. The highest BCUT2D eigenvalue weighted by Crippen LogP contribution is 1.92. The molecular formula is C9H17N3O3S2. The van der Waals surface area contributed by atoms with Crippen LogP contribution in [0, 0.1) is 0 Å². The van der Waals surface area contributed by atoms with E-state index in [2.05, 4.69) is 22.9 Å². The zero-order valence-electron chi connectivity index (χ0n) is 9.82. The number of nitrogens with one attached hydrogen (secondary N) is 2. The summed E-state index contributed by atoms with van der Waals surface area (Å²) >= 11 is 4.56. The summed E-state index contributed by atoms with van der Waals surface area (Å²) < 4.78 is 10.8. The van der Waals surface area contributed by atoms with Crippen LogP contribution in [0.25, 0.3) is 0 Å². The Morgan fingerprint density at radius 1 is 1.41 bits per heavy atom. The minimum atomic E-state index is -0.907. The van der Waals surface area contributed by atoms with Gasteiger partial charge in [-0.2, -0.15) is 0 Å². The van der Waals surface area contributed by atoms with E-state index in [0.717, 1.165) is 0 Å². The van der Waals surface area contributed by atoms with Gasteiger partial charge >= 0.3 is 11.8 Å². The average Bonchev–Trinajstić information content (AvgIpc) is 2.22. The lowest BCUT2D eigenvalue weighted by molar-refractivity contribution is -0.139. The molecule has 0 aliphatic carbocycles. The van der Waals surface area contributed by atoms with Gasteiger partial charge in [0, 0.05) is 28.9 Å². The van der Waals surface area contributed by atoms with E-state index < -0.39 is 22.6 Å². The Hall–Kier alpha value is -1.02. The van der Waals surface area contributed by atoms with Gasteiger partial charge in [-0.1, -0.05) is 12.2 Å². The number of thiocarbonyl (C=S) groups is 1. The van der Waals surface area contributed by atoms with Crippen molar-refractivity contribution in [3.05, 3.63) is 0 Å². The fourth-order valence-electron chi connectivity index (χ4n) is 0.952. The molecule has 0 saturated carbocycles. The number of carbonyl (C=O) groups is 2. The second-order valence-corrected chi connectivity index (χ2v) is 5.67. The summed E-state index contributed by atoms with van der Waals surface area (Å²) in [4.78, 5) is 22.7. The van der Waals surface area contributed by atoms with Gasteiger partial charge in [0.25, 0.3) is 0 Å². The highest BCUT2D eigenvalue weighted by molar-refractivity contribution is 7.84. The summed E-state index contributed by atoms with van der Waals surface area (Å²) in [6, 6.07) is -0.207. The monoisotopic (exact) mass is 279 g/mol. The third kappa shape index (κ3) is 8.75. The maximum absolute atomic E-state index is 11.3. The molecule has 0 fully saturated rings. The molecule has 0 aliphatic heterocycles. The van der Waals surface area contributed by atoms with Crippen LogP contribution in [0.4, 0.5) is 0 Å². The van der Waals surface area contributed by atoms with Crippen molar-refractivity contribution in [3.63, 3.8) is 0 Å². The van der Waals surface area contributed by atoms with Gasteiger partial charge in [0.15, 0.2) is 0 Å². The molecule has 2 amide bonds. The summed E-state index contributed by atoms with van der Waals surface area (Å²) in [5.74, 6) is -1.03. The van der Waals surface area contributed by atoms with E-state index in [0.29, 0.717) is 12.2 Å². The minimum Gasteiger partial charge on any atom is -0.392 e. The van der Waals surface area contributed by atoms with Crippen molar-refractivity contribution in [1.82, 2.24) is 10.6 Å². The lowest BCUT2D eigenvalue weighted by atomic mass is 10.2. The molecule has 98 valence electrons. The van der Waals surface area contributed by atoms with Gasteiger partial charge in [-0.25, -0.2) is 0 Å². The van der Waals surface area contributed by atoms with E-state index in [-0.39, 0.29) is 17.6 Å². The molecule has 0 radical (unpaired) electrons. The lowest BCUT2D eigenvalue weighted by Gasteiger charge is -2.12. The second kappa shape index (κ2) is 8.13. The summed E-state index contributed by atoms with van der Waals surface area (Å²) in [6.07, 6.45) is 2.14. The van der Waals surface area contributed by atoms with Crippen molar-refractivity contribution in [2.24, 2.45) is 5.73 Å². The first-order valence-corrected chi connectivity index (χ1v) is 7.13. The molecular weight excluding hydrogens is 262 g/mol. The van der Waals surface area contributed by atoms with Crippen LogP contribution in [0.3, 0.4) is 0 Å². The molecule has 0 saturated heterocycles. The van der Waals surface area contributed by atoms with E-state index in [9.17, 15) is 13.8 Å². The molecule has 0 aromatic carbocycles. The van der Waals surface area contributed by atoms with Crippen LogP contribution in [-0.4, -0.2) is 45.6 Å². The number of carbonyl (C=O) groups excluding carboxylic acids is 2. The fraction of sp³-hybridized carbons (Fsp3) is 0.667. The number of nitrogens with two attached hydrogens (primary N) is 1. The van der Waals surface area contributed by atoms with Gasteiger partial charge in [-0.05, 0) is 13.3 Å². The number of amides is 2. The highest BCUT2D eigenvalue weighted by atomic mass is 32.2. The van der Waals surface area contributed by atoms with Crippen LogP contribution < -0.4 is 16.4 Å². The summed E-state index contributed by atoms with van der Waals surface area (Å²) in [5, 5.41) is 4.76. The molecule has 2 atom stereocenters. The Morgan fingerprint density at radius 2 is 2.00 bits per heavy atom. The van der Waals surface area contributed by atoms with Crippen LogP contribution in [0.15, 0.2) is 0 Å². The Balaban J connectivity index is 3.94. The van der Waals surface area contributed by atoms with Crippen LogP contribution in [0.2, 0.25) is 0 Å². The van der Waals surface area contributed by atoms with Crippen LogP contribution in [0.5, 0.6) is 0 Å². The maximum Gasteiger partial charge on any atom is 0.309 e. The van der Waals surface area contributed by atoms with Gasteiger partial charge in [0.1, 0.15) is 0 Å². The second-order valence-electron chi connectivity index (χ2n) is 3.59. The number of hydrogen-bond acceptors (Lipinski definition) is 4. The summed E-state index contributed by atoms with van der Waals surface area (Å²) in [7, 11) is -0.907. The zero-order valence-corrected chi connectivity index (χ0v) is 11.5. The van der Waals surface area contributed by atoms with Crippen molar-refractivity contribution < 1.29 is 13.8 Å². The first-order valence-electron chi connectivity index (χ1n) is 5.00. The Labute approximate surface area is 108 Å². The molecule has 2 unspecified atom stereocenters. The van der Waals surface area contributed by atoms with Crippen LogP contribution in [-0.2, 0) is 20.4 Å². The maximum atomic E-state index is 11.3. The first kappa shape index (κ1) is 16.0. The molecule has 0 rings (SSSR count). The van der Waals surface area contributed by atoms with E-state index in [1.807, 2.05) is 0 Å². The van der Waals surface area contributed by atoms with Crippen LogP contribution >= 0.6 is 12.2 Å². The number of hydrogen-bond donors (Lipinski definition) is 3. The van der Waals surface area contributed by atoms with E-state index in [4.69, 9.17) is 5.73 Å². The smallest absolute Gasteiger partial charge is 0.309 e. The quantitative estimate of drug-likeness (QED) is 0.413. The first-order chi connectivity index (χ1) is 7.82. The topological polar surface area (TPSA) is 101 Å². The van der Waals surface area contributed by atoms with Gasteiger partial charge < -0.3 is 16.4 Å². The molecule has 0 aliphatic rings. The Bertz CT molecular complexity index is 333. The highest BCUT2D eigenvalue weighted by Gasteiger charge is 2.15. The van der Waals surface area contributed by atoms with Crippen molar-refractivity contribution in [2.75, 3.05) is 18.6 Å². The molecule has 4 N–H and O–H groups in total. The molecule has 17 heavy (non-hydrogen) atoms. The van der Waals surface area contributed by atoms with Crippen molar-refractivity contribution in [3.8, 4) is 0 Å². The predicted octanol–water partition coefficient (Wildman–Crippen LogP) is -1.34. The van der Waals surface area contributed by atoms with Gasteiger partial charge in [0.05, 0.1) is 11.5 Å². The summed E-state index contributed by atoms with van der Waals surface area (Å²) in [5.41, 5.74) is 5.17. The molecule has 0 heterocycles. The number of rotatable bonds is 6. The third-order valence-electron chi connectivity index (χ3n) is 1.85. The standard InChI is InChI=1S/C9H17N3O3S2/c1-6(3-4-17(2)15)12-9(14)8(13)11-5-7(10)16/h6H,3-5H2,1-2H3,(H2,10,16)(H,11,13)(H,12,14). The average molecular weight is 279 g/mol. The predicted molar refractivity (Wildman–Crippen MR) is 71.0 cm³/mol. The van der Waals surface area contributed by atoms with Crippen molar-refractivity contribution in [2.45, 2.75) is 19.4 Å².